The maximum atomic E-state index is 13.9. The number of alkyl carbamates (subject to hydrolysis) is 1. The molecule has 3 atom stereocenters. The molecule has 0 aromatic carbocycles. The first-order valence-corrected chi connectivity index (χ1v) is 14.1. The van der Waals surface area contributed by atoms with E-state index in [1.54, 1.807) is 11.8 Å². The van der Waals surface area contributed by atoms with E-state index >= 15 is 0 Å². The van der Waals surface area contributed by atoms with E-state index in [-0.39, 0.29) is 36.7 Å². The van der Waals surface area contributed by atoms with Crippen LogP contribution >= 0.6 is 11.8 Å². The first kappa shape index (κ1) is 29.3. The van der Waals surface area contributed by atoms with Gasteiger partial charge < -0.3 is 26.0 Å². The van der Waals surface area contributed by atoms with Crippen molar-refractivity contribution in [2.75, 3.05) is 25.4 Å². The van der Waals surface area contributed by atoms with Crippen LogP contribution in [0.1, 0.15) is 79.1 Å². The second-order valence-corrected chi connectivity index (χ2v) is 12.1. The van der Waals surface area contributed by atoms with Crippen molar-refractivity contribution in [2.45, 2.75) is 95.9 Å². The lowest BCUT2D eigenvalue weighted by Crippen LogP contribution is -2.60. The number of ether oxygens (including phenoxy) is 1. The number of rotatable bonds is 12. The van der Waals surface area contributed by atoms with Crippen LogP contribution in [0, 0.1) is 17.2 Å². The summed E-state index contributed by atoms with van der Waals surface area (Å²) < 4.78 is 4.58. The molecule has 1 aliphatic carbocycles. The van der Waals surface area contributed by atoms with Gasteiger partial charge in [-0.2, -0.15) is 11.8 Å². The number of hydrogen-bond donors (Lipinski definition) is 4. The maximum absolute atomic E-state index is 13.9. The lowest BCUT2D eigenvalue weighted by atomic mass is 9.89. The van der Waals surface area contributed by atoms with E-state index in [2.05, 4.69) is 17.6 Å². The summed E-state index contributed by atoms with van der Waals surface area (Å²) in [4.78, 5) is 41.1. The molecule has 1 saturated carbocycles. The number of nitrogens with zero attached hydrogens (tertiary/aromatic N) is 1. The van der Waals surface area contributed by atoms with Gasteiger partial charge in [-0.3, -0.25) is 15.0 Å². The van der Waals surface area contributed by atoms with Crippen LogP contribution in [-0.4, -0.2) is 70.9 Å². The number of amides is 3. The largest absolute Gasteiger partial charge is 0.450 e. The molecule has 0 aromatic rings. The third kappa shape index (κ3) is 8.58. The van der Waals surface area contributed by atoms with Crippen LogP contribution in [0.5, 0.6) is 0 Å². The summed E-state index contributed by atoms with van der Waals surface area (Å²) in [6.07, 6.45) is 7.11. The fourth-order valence-corrected chi connectivity index (χ4v) is 5.87. The van der Waals surface area contributed by atoms with Crippen LogP contribution < -0.4 is 16.4 Å². The molecule has 5 N–H and O–H groups in total. The van der Waals surface area contributed by atoms with Crippen LogP contribution in [0.25, 0.3) is 0 Å². The van der Waals surface area contributed by atoms with Gasteiger partial charge in [0.05, 0.1) is 12.4 Å². The van der Waals surface area contributed by atoms with Crippen molar-refractivity contribution >= 4 is 35.5 Å². The van der Waals surface area contributed by atoms with Gasteiger partial charge in [0.1, 0.15) is 12.1 Å². The van der Waals surface area contributed by atoms with Crippen molar-refractivity contribution in [1.82, 2.24) is 15.5 Å². The molecular weight excluding hydrogens is 466 g/mol. The zero-order valence-corrected chi connectivity index (χ0v) is 22.7. The number of carbonyl (C=O) groups is 3. The average Bonchev–Trinajstić information content (AvgIpc) is 3.29. The van der Waals surface area contributed by atoms with Crippen molar-refractivity contribution < 1.29 is 19.1 Å². The van der Waals surface area contributed by atoms with Crippen LogP contribution in [0.4, 0.5) is 4.79 Å². The third-order valence-corrected chi connectivity index (χ3v) is 8.53. The van der Waals surface area contributed by atoms with Crippen molar-refractivity contribution in [3.8, 4) is 0 Å². The molecule has 35 heavy (non-hydrogen) atoms. The van der Waals surface area contributed by atoms with Gasteiger partial charge in [-0.05, 0) is 57.6 Å². The summed E-state index contributed by atoms with van der Waals surface area (Å²) in [7, 11) is 0. The molecule has 1 heterocycles. The highest BCUT2D eigenvalue weighted by molar-refractivity contribution is 8.00. The fraction of sp³-hybridized carbons (Fsp3) is 0.840. The molecule has 10 heteroatoms. The van der Waals surface area contributed by atoms with Gasteiger partial charge in [0.25, 0.3) is 0 Å². The number of amidine groups is 1. The summed E-state index contributed by atoms with van der Waals surface area (Å²) in [6.45, 7) is 8.86. The number of nitrogens with two attached hydrogens (primary N) is 1. The van der Waals surface area contributed by atoms with E-state index in [4.69, 9.17) is 15.9 Å². The molecule has 9 nitrogen and oxygen atoms in total. The molecule has 0 unspecified atom stereocenters. The molecule has 1 aliphatic heterocycles. The zero-order valence-electron chi connectivity index (χ0n) is 21.9. The van der Waals surface area contributed by atoms with Gasteiger partial charge in [-0.15, -0.1) is 0 Å². The predicted molar refractivity (Wildman–Crippen MR) is 140 cm³/mol. The summed E-state index contributed by atoms with van der Waals surface area (Å²) in [5, 5.41) is 13.8. The second kappa shape index (κ2) is 13.9. The number of hydrogen-bond acceptors (Lipinski definition) is 6. The summed E-state index contributed by atoms with van der Waals surface area (Å²) in [6, 6.07) is -1.61. The predicted octanol–water partition coefficient (Wildman–Crippen LogP) is 3.26. The molecule has 1 saturated heterocycles. The van der Waals surface area contributed by atoms with Crippen LogP contribution in [0.2, 0.25) is 0 Å². The Balaban J connectivity index is 2.21. The summed E-state index contributed by atoms with van der Waals surface area (Å²) in [5.41, 5.74) is 5.80. The summed E-state index contributed by atoms with van der Waals surface area (Å²) in [5.74, 6) is 0.325. The van der Waals surface area contributed by atoms with Crippen molar-refractivity contribution in [3.63, 3.8) is 0 Å². The first-order valence-electron chi connectivity index (χ1n) is 13.1. The van der Waals surface area contributed by atoms with Gasteiger partial charge >= 0.3 is 6.09 Å². The maximum Gasteiger partial charge on any atom is 0.407 e. The normalized spacial score (nSPS) is 21.9. The average molecular weight is 512 g/mol. The van der Waals surface area contributed by atoms with E-state index in [9.17, 15) is 14.4 Å². The second-order valence-electron chi connectivity index (χ2n) is 10.3. The Kier molecular flexibility index (Phi) is 11.7. The molecule has 2 fully saturated rings. The van der Waals surface area contributed by atoms with Crippen molar-refractivity contribution in [2.24, 2.45) is 17.6 Å². The van der Waals surface area contributed by atoms with E-state index in [0.717, 1.165) is 25.0 Å². The highest BCUT2D eigenvalue weighted by Gasteiger charge is 2.47. The van der Waals surface area contributed by atoms with Gasteiger partial charge in [0.15, 0.2) is 0 Å². The van der Waals surface area contributed by atoms with Crippen LogP contribution in [0.15, 0.2) is 0 Å². The van der Waals surface area contributed by atoms with Gasteiger partial charge in [0, 0.05) is 23.8 Å². The minimum Gasteiger partial charge on any atom is -0.450 e. The van der Waals surface area contributed by atoms with Crippen LogP contribution in [-0.2, 0) is 14.3 Å². The van der Waals surface area contributed by atoms with E-state index in [1.165, 1.54) is 24.2 Å². The van der Waals surface area contributed by atoms with Crippen molar-refractivity contribution in [3.05, 3.63) is 0 Å². The monoisotopic (exact) mass is 511 g/mol. The summed E-state index contributed by atoms with van der Waals surface area (Å²) >= 11 is 1.60. The highest BCUT2D eigenvalue weighted by Crippen LogP contribution is 2.33. The number of thioether (sulfide) groups is 1. The molecule has 200 valence electrons. The topological polar surface area (TPSA) is 138 Å². The van der Waals surface area contributed by atoms with Gasteiger partial charge in [-0.25, -0.2) is 4.79 Å². The Bertz CT molecular complexity index is 741. The molecule has 0 aromatic heterocycles. The minimum absolute atomic E-state index is 0.0307. The molecule has 3 amide bonds. The molecule has 0 bridgehead atoms. The Morgan fingerprint density at radius 3 is 2.46 bits per heavy atom. The standard InChI is InChI=1S/C25H45N5O4S/c1-5-12-34-24(33)29-20(25(3,4)35-13-6-2)23(32)30-16-18(21(26)27)14-19(30)22(31)28-15-17-10-8-7-9-11-17/h17-20H,5-16H2,1-4H3,(H3,26,27)(H,28,31)(H,29,33)/t18-,19+,20+/m1/s1. The number of carbonyl (C=O) groups excluding carboxylic acids is 3. The van der Waals surface area contributed by atoms with Gasteiger partial charge in [-0.1, -0.05) is 33.1 Å². The Labute approximate surface area is 214 Å². The van der Waals surface area contributed by atoms with Gasteiger partial charge in [0.2, 0.25) is 11.8 Å². The SMILES string of the molecule is CCCOC(=O)N[C@@H](C(=O)N1C[C@H](C(=N)N)C[C@H]1C(=O)NCC1CCCCC1)C(C)(C)SCCC. The number of nitrogens with one attached hydrogen (secondary N) is 3. The smallest absolute Gasteiger partial charge is 0.407 e. The fourth-order valence-electron chi connectivity index (χ4n) is 4.81. The molecule has 2 rings (SSSR count). The number of likely N-dealkylation sites (tertiary alicyclic amines) is 1. The Hall–Kier alpha value is -1.97. The zero-order chi connectivity index (χ0) is 26.0. The van der Waals surface area contributed by atoms with E-state index < -0.39 is 22.9 Å². The molecule has 2 aliphatic rings. The van der Waals surface area contributed by atoms with E-state index in [1.807, 2.05) is 20.8 Å². The molecule has 0 spiro atoms. The highest BCUT2D eigenvalue weighted by atomic mass is 32.2. The van der Waals surface area contributed by atoms with Crippen LogP contribution in [0.3, 0.4) is 0 Å². The minimum atomic E-state index is -0.886. The Morgan fingerprint density at radius 1 is 1.17 bits per heavy atom. The third-order valence-electron chi connectivity index (χ3n) is 6.94. The lowest BCUT2D eigenvalue weighted by molar-refractivity contribution is -0.140. The molecule has 0 radical (unpaired) electrons. The van der Waals surface area contributed by atoms with Crippen molar-refractivity contribution in [1.29, 1.82) is 5.41 Å². The van der Waals surface area contributed by atoms with E-state index in [0.29, 0.717) is 25.3 Å². The lowest BCUT2D eigenvalue weighted by Gasteiger charge is -2.37. The quantitative estimate of drug-likeness (QED) is 0.234. The molecular formula is C25H45N5O4S. The Morgan fingerprint density at radius 2 is 1.86 bits per heavy atom. The first-order chi connectivity index (χ1) is 16.6.